The lowest BCUT2D eigenvalue weighted by Crippen LogP contribution is -2.23. The molecule has 0 fully saturated rings. The van der Waals surface area contributed by atoms with Crippen LogP contribution in [0.25, 0.3) is 0 Å². The second-order valence-corrected chi connectivity index (χ2v) is 3.66. The maximum absolute atomic E-state index is 11.9. The lowest BCUT2D eigenvalue weighted by atomic mass is 10.3. The number of alkyl halides is 3. The summed E-state index contributed by atoms with van der Waals surface area (Å²) in [6, 6.07) is 3.95. The third-order valence-electron chi connectivity index (χ3n) is 1.23. The van der Waals surface area contributed by atoms with Gasteiger partial charge in [0.05, 0.1) is 11.2 Å². The van der Waals surface area contributed by atoms with Crippen LogP contribution < -0.4 is 0 Å². The van der Waals surface area contributed by atoms with Crippen LogP contribution in [0.5, 0.6) is 5.75 Å². The SMILES string of the molecule is [O]c1cccc([S+]([O-])C(F)(F)F)c1. The van der Waals surface area contributed by atoms with E-state index in [1.165, 1.54) is 0 Å². The Hall–Kier alpha value is -0.880. The number of rotatable bonds is 1. The van der Waals surface area contributed by atoms with Crippen LogP contribution in [0.2, 0.25) is 0 Å². The molecule has 0 spiro atoms. The number of halogens is 3. The maximum Gasteiger partial charge on any atom is 0.578 e. The summed E-state index contributed by atoms with van der Waals surface area (Å²) in [7, 11) is 0. The zero-order chi connectivity index (χ0) is 10.1. The first-order valence-electron chi connectivity index (χ1n) is 3.17. The van der Waals surface area contributed by atoms with Crippen LogP contribution in [-0.2, 0) is 16.3 Å². The quantitative estimate of drug-likeness (QED) is 0.655. The van der Waals surface area contributed by atoms with E-state index in [1.807, 2.05) is 0 Å². The summed E-state index contributed by atoms with van der Waals surface area (Å²) in [5.74, 6) is -0.588. The Morgan fingerprint density at radius 3 is 2.38 bits per heavy atom. The van der Waals surface area contributed by atoms with Crippen LogP contribution in [0.3, 0.4) is 0 Å². The van der Waals surface area contributed by atoms with Crippen LogP contribution in [0, 0.1) is 0 Å². The van der Waals surface area contributed by atoms with Gasteiger partial charge in [0.1, 0.15) is 0 Å². The molecule has 0 bridgehead atoms. The van der Waals surface area contributed by atoms with E-state index in [2.05, 4.69) is 0 Å². The highest BCUT2D eigenvalue weighted by atomic mass is 32.2. The monoisotopic (exact) mass is 209 g/mol. The molecule has 0 saturated carbocycles. The minimum Gasteiger partial charge on any atom is -0.604 e. The van der Waals surface area contributed by atoms with Gasteiger partial charge in [0, 0.05) is 6.07 Å². The molecule has 0 saturated heterocycles. The number of benzene rings is 1. The molecule has 1 unspecified atom stereocenters. The van der Waals surface area contributed by atoms with Gasteiger partial charge >= 0.3 is 5.51 Å². The second kappa shape index (κ2) is 3.47. The molecule has 6 heteroatoms. The first kappa shape index (κ1) is 10.2. The minimum absolute atomic E-state index is 0.514. The van der Waals surface area contributed by atoms with E-state index in [0.717, 1.165) is 18.2 Å². The molecule has 13 heavy (non-hydrogen) atoms. The average Bonchev–Trinajstić information content (AvgIpc) is 2.01. The van der Waals surface area contributed by atoms with Crippen LogP contribution >= 0.6 is 0 Å². The fourth-order valence-electron chi connectivity index (χ4n) is 0.723. The molecule has 1 rings (SSSR count). The lowest BCUT2D eigenvalue weighted by molar-refractivity contribution is -0.0435. The maximum atomic E-state index is 11.9. The summed E-state index contributed by atoms with van der Waals surface area (Å²) >= 11 is -3.11. The first-order chi connectivity index (χ1) is 5.91. The Bertz CT molecular complexity index is 300. The van der Waals surface area contributed by atoms with Crippen molar-refractivity contribution in [3.63, 3.8) is 0 Å². The molecular weight excluding hydrogens is 205 g/mol. The highest BCUT2D eigenvalue weighted by Gasteiger charge is 2.46. The van der Waals surface area contributed by atoms with Crippen molar-refractivity contribution in [2.45, 2.75) is 10.4 Å². The van der Waals surface area contributed by atoms with Crippen molar-refractivity contribution in [1.82, 2.24) is 0 Å². The summed E-state index contributed by atoms with van der Waals surface area (Å²) in [5, 5.41) is 10.6. The van der Waals surface area contributed by atoms with Crippen molar-refractivity contribution < 1.29 is 22.8 Å². The van der Waals surface area contributed by atoms with Crippen molar-refractivity contribution in [3.05, 3.63) is 24.3 Å². The average molecular weight is 209 g/mol. The smallest absolute Gasteiger partial charge is 0.578 e. The van der Waals surface area contributed by atoms with Crippen LogP contribution in [0.1, 0.15) is 0 Å². The van der Waals surface area contributed by atoms with Crippen LogP contribution in [0.4, 0.5) is 13.2 Å². The molecule has 1 radical (unpaired) electrons. The normalized spacial score (nSPS) is 14.2. The Morgan fingerprint density at radius 1 is 1.31 bits per heavy atom. The molecule has 0 aromatic heterocycles. The third-order valence-corrected chi connectivity index (χ3v) is 2.33. The van der Waals surface area contributed by atoms with Crippen molar-refractivity contribution in [1.29, 1.82) is 0 Å². The topological polar surface area (TPSA) is 43.0 Å². The second-order valence-electron chi connectivity index (χ2n) is 2.19. The number of hydrogen-bond donors (Lipinski definition) is 0. The van der Waals surface area contributed by atoms with Gasteiger partial charge in [-0.05, 0) is 12.1 Å². The van der Waals surface area contributed by atoms with Gasteiger partial charge in [0.15, 0.2) is 10.6 Å². The molecular formula is C7H4F3O2S. The molecule has 71 valence electrons. The van der Waals surface area contributed by atoms with Gasteiger partial charge < -0.3 is 4.55 Å². The summed E-state index contributed by atoms with van der Waals surface area (Å²) in [6.45, 7) is 0. The molecule has 0 aliphatic heterocycles. The van der Waals surface area contributed by atoms with Crippen molar-refractivity contribution >= 4 is 11.2 Å². The van der Waals surface area contributed by atoms with Gasteiger partial charge in [-0.1, -0.05) is 6.07 Å². The summed E-state index contributed by atoms with van der Waals surface area (Å²) < 4.78 is 46.3. The molecule has 0 N–H and O–H groups in total. The van der Waals surface area contributed by atoms with Crippen molar-refractivity contribution in [2.24, 2.45) is 0 Å². The Kier molecular flexibility index (Phi) is 2.72. The molecule has 0 aliphatic carbocycles. The van der Waals surface area contributed by atoms with Crippen molar-refractivity contribution in [2.75, 3.05) is 0 Å². The van der Waals surface area contributed by atoms with E-state index in [-0.39, 0.29) is 0 Å². The standard InChI is InChI=1S/C7H4F3O2S/c8-7(9,10)13(12)6-3-1-2-5(11)4-6/h1-4H. The molecule has 0 aliphatic rings. The van der Waals surface area contributed by atoms with Crippen LogP contribution in [0.15, 0.2) is 29.2 Å². The Morgan fingerprint density at radius 2 is 1.92 bits per heavy atom. The van der Waals surface area contributed by atoms with E-state index in [4.69, 9.17) is 0 Å². The van der Waals surface area contributed by atoms with E-state index in [0.29, 0.717) is 6.07 Å². The zero-order valence-electron chi connectivity index (χ0n) is 6.17. The highest BCUT2D eigenvalue weighted by Crippen LogP contribution is 2.31. The molecule has 0 amide bonds. The van der Waals surface area contributed by atoms with E-state index in [1.54, 1.807) is 0 Å². The molecule has 1 aromatic carbocycles. The predicted octanol–water partition coefficient (Wildman–Crippen LogP) is 2.46. The third kappa shape index (κ3) is 2.53. The molecule has 0 heterocycles. The largest absolute Gasteiger partial charge is 0.604 e. The fourth-order valence-corrected chi connectivity index (χ4v) is 1.42. The summed E-state index contributed by atoms with van der Waals surface area (Å²) in [4.78, 5) is -0.514. The van der Waals surface area contributed by atoms with Gasteiger partial charge in [0.25, 0.3) is 0 Å². The van der Waals surface area contributed by atoms with Gasteiger partial charge in [-0.25, -0.2) is 0 Å². The summed E-state index contributed by atoms with van der Waals surface area (Å²) in [6.07, 6.45) is 0. The Labute approximate surface area is 75.2 Å². The van der Waals surface area contributed by atoms with Crippen LogP contribution in [-0.4, -0.2) is 10.1 Å². The first-order valence-corrected chi connectivity index (χ1v) is 4.32. The Balaban J connectivity index is 2.96. The molecule has 2 nitrogen and oxygen atoms in total. The van der Waals surface area contributed by atoms with Gasteiger partial charge in [-0.2, -0.15) is 0 Å². The van der Waals surface area contributed by atoms with E-state index < -0.39 is 27.3 Å². The zero-order valence-corrected chi connectivity index (χ0v) is 6.98. The minimum atomic E-state index is -4.81. The van der Waals surface area contributed by atoms with Gasteiger partial charge in [-0.15, -0.1) is 13.2 Å². The number of hydrogen-bond acceptors (Lipinski definition) is 1. The lowest BCUT2D eigenvalue weighted by Gasteiger charge is -2.11. The van der Waals surface area contributed by atoms with Crippen molar-refractivity contribution in [3.8, 4) is 5.75 Å². The highest BCUT2D eigenvalue weighted by molar-refractivity contribution is 7.92. The predicted molar refractivity (Wildman–Crippen MR) is 39.0 cm³/mol. The van der Waals surface area contributed by atoms with Gasteiger partial charge in [0.2, 0.25) is 0 Å². The molecule has 1 aromatic rings. The van der Waals surface area contributed by atoms with Gasteiger partial charge in [-0.3, -0.25) is 5.11 Å². The molecule has 1 atom stereocenters. The summed E-state index contributed by atoms with van der Waals surface area (Å²) in [5.41, 5.74) is -4.81. The fraction of sp³-hybridized carbons (Fsp3) is 0.143. The van der Waals surface area contributed by atoms with E-state index >= 15 is 0 Å². The van der Waals surface area contributed by atoms with E-state index in [9.17, 15) is 22.8 Å².